The van der Waals surface area contributed by atoms with Gasteiger partial charge in [0.05, 0.1) is 12.6 Å². The van der Waals surface area contributed by atoms with Crippen LogP contribution >= 0.6 is 0 Å². The molecule has 0 radical (unpaired) electrons. The number of aromatic nitrogens is 1. The predicted octanol–water partition coefficient (Wildman–Crippen LogP) is 2.68. The average Bonchev–Trinajstić information content (AvgIpc) is 2.53. The SMILES string of the molecule is COc1ccc(C)c2c(C)c(C#N)n(C)c12. The van der Waals surface area contributed by atoms with E-state index in [-0.39, 0.29) is 0 Å². The van der Waals surface area contributed by atoms with Crippen molar-refractivity contribution < 1.29 is 4.74 Å². The highest BCUT2D eigenvalue weighted by Crippen LogP contribution is 2.33. The molecule has 0 aliphatic rings. The lowest BCUT2D eigenvalue weighted by Crippen LogP contribution is -1.94. The van der Waals surface area contributed by atoms with Crippen molar-refractivity contribution in [3.8, 4) is 11.8 Å². The smallest absolute Gasteiger partial charge is 0.143 e. The summed E-state index contributed by atoms with van der Waals surface area (Å²) >= 11 is 0. The van der Waals surface area contributed by atoms with Crippen LogP contribution in [0.5, 0.6) is 5.75 Å². The van der Waals surface area contributed by atoms with Crippen molar-refractivity contribution in [2.45, 2.75) is 13.8 Å². The monoisotopic (exact) mass is 214 g/mol. The van der Waals surface area contributed by atoms with Gasteiger partial charge in [-0.05, 0) is 31.0 Å². The summed E-state index contributed by atoms with van der Waals surface area (Å²) in [6, 6.07) is 6.20. The summed E-state index contributed by atoms with van der Waals surface area (Å²) in [4.78, 5) is 0. The van der Waals surface area contributed by atoms with Crippen LogP contribution in [-0.4, -0.2) is 11.7 Å². The molecule has 0 unspecified atom stereocenters. The lowest BCUT2D eigenvalue weighted by Gasteiger charge is -2.06. The number of hydrogen-bond donors (Lipinski definition) is 0. The highest BCUT2D eigenvalue weighted by Gasteiger charge is 2.16. The van der Waals surface area contributed by atoms with E-state index >= 15 is 0 Å². The quantitative estimate of drug-likeness (QED) is 0.732. The standard InChI is InChI=1S/C13H14N2O/c1-8-5-6-11(16-4)13-12(8)9(2)10(7-14)15(13)3/h5-6H,1-4H3. The van der Waals surface area contributed by atoms with E-state index in [0.717, 1.165) is 22.2 Å². The number of ether oxygens (including phenoxy) is 1. The molecule has 0 N–H and O–H groups in total. The van der Waals surface area contributed by atoms with Gasteiger partial charge in [-0.3, -0.25) is 0 Å². The minimum Gasteiger partial charge on any atom is -0.495 e. The van der Waals surface area contributed by atoms with E-state index in [1.807, 2.05) is 30.7 Å². The van der Waals surface area contributed by atoms with Crippen molar-refractivity contribution >= 4 is 10.9 Å². The van der Waals surface area contributed by atoms with Gasteiger partial charge in [0.25, 0.3) is 0 Å². The Morgan fingerprint density at radius 1 is 1.31 bits per heavy atom. The van der Waals surface area contributed by atoms with E-state index in [2.05, 4.69) is 13.0 Å². The zero-order valence-corrected chi connectivity index (χ0v) is 9.96. The van der Waals surface area contributed by atoms with Crippen LogP contribution < -0.4 is 4.74 Å². The fourth-order valence-corrected chi connectivity index (χ4v) is 2.28. The highest BCUT2D eigenvalue weighted by atomic mass is 16.5. The van der Waals surface area contributed by atoms with Crippen LogP contribution in [0.25, 0.3) is 10.9 Å². The molecule has 0 atom stereocenters. The van der Waals surface area contributed by atoms with Crippen molar-refractivity contribution in [3.05, 3.63) is 29.0 Å². The fraction of sp³-hybridized carbons (Fsp3) is 0.308. The Morgan fingerprint density at radius 2 is 2.00 bits per heavy atom. The number of rotatable bonds is 1. The molecular weight excluding hydrogens is 200 g/mol. The third-order valence-corrected chi connectivity index (χ3v) is 3.08. The first kappa shape index (κ1) is 10.6. The van der Waals surface area contributed by atoms with Gasteiger partial charge in [0.15, 0.2) is 0 Å². The first-order valence-corrected chi connectivity index (χ1v) is 5.14. The number of benzene rings is 1. The highest BCUT2D eigenvalue weighted by molar-refractivity contribution is 5.93. The topological polar surface area (TPSA) is 37.9 Å². The van der Waals surface area contributed by atoms with E-state index in [4.69, 9.17) is 10.00 Å². The number of nitriles is 1. The molecule has 0 spiro atoms. The molecule has 0 amide bonds. The number of nitrogens with zero attached hydrogens (tertiary/aromatic N) is 2. The van der Waals surface area contributed by atoms with Gasteiger partial charge in [-0.15, -0.1) is 0 Å². The molecule has 0 fully saturated rings. The number of aryl methyl sites for hydroxylation is 3. The Bertz CT molecular complexity index is 603. The Morgan fingerprint density at radius 3 is 2.56 bits per heavy atom. The van der Waals surface area contributed by atoms with Crippen LogP contribution in [0.2, 0.25) is 0 Å². The van der Waals surface area contributed by atoms with Crippen LogP contribution in [0.3, 0.4) is 0 Å². The maximum absolute atomic E-state index is 9.14. The summed E-state index contributed by atoms with van der Waals surface area (Å²) in [6.07, 6.45) is 0. The van der Waals surface area contributed by atoms with Crippen molar-refractivity contribution in [1.82, 2.24) is 4.57 Å². The van der Waals surface area contributed by atoms with E-state index in [1.54, 1.807) is 7.11 Å². The molecule has 3 nitrogen and oxygen atoms in total. The predicted molar refractivity (Wildman–Crippen MR) is 63.7 cm³/mol. The van der Waals surface area contributed by atoms with Crippen LogP contribution in [-0.2, 0) is 7.05 Å². The molecule has 1 heterocycles. The summed E-state index contributed by atoms with van der Waals surface area (Å²) in [6.45, 7) is 4.03. The third-order valence-electron chi connectivity index (χ3n) is 3.08. The first-order valence-electron chi connectivity index (χ1n) is 5.14. The number of fused-ring (bicyclic) bond motifs is 1. The zero-order chi connectivity index (χ0) is 11.9. The second-order valence-corrected chi connectivity index (χ2v) is 3.95. The minimum atomic E-state index is 0.697. The largest absolute Gasteiger partial charge is 0.495 e. The van der Waals surface area contributed by atoms with Gasteiger partial charge < -0.3 is 9.30 Å². The molecular formula is C13H14N2O. The molecule has 82 valence electrons. The van der Waals surface area contributed by atoms with Crippen LogP contribution in [0.4, 0.5) is 0 Å². The maximum Gasteiger partial charge on any atom is 0.143 e. The molecule has 0 aliphatic heterocycles. The van der Waals surface area contributed by atoms with E-state index in [9.17, 15) is 0 Å². The normalized spacial score (nSPS) is 10.4. The number of methoxy groups -OCH3 is 1. The number of hydrogen-bond acceptors (Lipinski definition) is 2. The third kappa shape index (κ3) is 1.20. The Labute approximate surface area is 94.9 Å². The van der Waals surface area contributed by atoms with Crippen LogP contribution in [0.15, 0.2) is 12.1 Å². The summed E-state index contributed by atoms with van der Waals surface area (Å²) in [5.41, 5.74) is 3.89. The van der Waals surface area contributed by atoms with Gasteiger partial charge in [0, 0.05) is 12.4 Å². The van der Waals surface area contributed by atoms with Crippen molar-refractivity contribution in [3.63, 3.8) is 0 Å². The summed E-state index contributed by atoms with van der Waals surface area (Å²) < 4.78 is 7.25. The molecule has 0 aliphatic carbocycles. The molecule has 3 heteroatoms. The molecule has 0 saturated heterocycles. The molecule has 2 aromatic rings. The van der Waals surface area contributed by atoms with Crippen LogP contribution in [0.1, 0.15) is 16.8 Å². The maximum atomic E-state index is 9.14. The fourth-order valence-electron chi connectivity index (χ4n) is 2.28. The molecule has 1 aromatic carbocycles. The Hall–Kier alpha value is -1.95. The summed E-state index contributed by atoms with van der Waals surface area (Å²) in [5.74, 6) is 0.813. The van der Waals surface area contributed by atoms with Gasteiger partial charge in [0.2, 0.25) is 0 Å². The lowest BCUT2D eigenvalue weighted by atomic mass is 10.1. The van der Waals surface area contributed by atoms with Gasteiger partial charge in [-0.25, -0.2) is 0 Å². The Kier molecular flexibility index (Phi) is 2.35. The van der Waals surface area contributed by atoms with E-state index in [0.29, 0.717) is 5.69 Å². The van der Waals surface area contributed by atoms with Crippen molar-refractivity contribution in [1.29, 1.82) is 5.26 Å². The van der Waals surface area contributed by atoms with Crippen LogP contribution in [0, 0.1) is 25.2 Å². The first-order chi connectivity index (χ1) is 7.61. The van der Waals surface area contributed by atoms with Gasteiger partial charge in [-0.1, -0.05) is 6.07 Å². The molecule has 0 bridgehead atoms. The Balaban J connectivity index is 3.03. The minimum absolute atomic E-state index is 0.697. The summed E-state index contributed by atoms with van der Waals surface area (Å²) in [7, 11) is 3.55. The van der Waals surface area contributed by atoms with Gasteiger partial charge in [0.1, 0.15) is 17.5 Å². The zero-order valence-electron chi connectivity index (χ0n) is 9.96. The van der Waals surface area contributed by atoms with Gasteiger partial charge in [-0.2, -0.15) is 5.26 Å². The molecule has 16 heavy (non-hydrogen) atoms. The van der Waals surface area contributed by atoms with Gasteiger partial charge >= 0.3 is 0 Å². The van der Waals surface area contributed by atoms with E-state index in [1.165, 1.54) is 5.56 Å². The second-order valence-electron chi connectivity index (χ2n) is 3.95. The average molecular weight is 214 g/mol. The van der Waals surface area contributed by atoms with Crippen molar-refractivity contribution in [2.75, 3.05) is 7.11 Å². The van der Waals surface area contributed by atoms with E-state index < -0.39 is 0 Å². The molecule has 2 rings (SSSR count). The second kappa shape index (κ2) is 3.57. The summed E-state index contributed by atoms with van der Waals surface area (Å²) in [5, 5.41) is 10.3. The lowest BCUT2D eigenvalue weighted by molar-refractivity contribution is 0.418. The molecule has 1 aromatic heterocycles. The molecule has 0 saturated carbocycles. The van der Waals surface area contributed by atoms with Crippen molar-refractivity contribution in [2.24, 2.45) is 7.05 Å².